The van der Waals surface area contributed by atoms with Crippen molar-refractivity contribution >= 4 is 17.9 Å². The van der Waals surface area contributed by atoms with Crippen molar-refractivity contribution in [2.24, 2.45) is 11.8 Å². The van der Waals surface area contributed by atoms with Gasteiger partial charge in [-0.1, -0.05) is 14.9 Å². The number of carbonyl (C=O) groups is 3. The Kier molecular flexibility index (Phi) is 11.5. The number of hydrogen-bond acceptors (Lipinski definition) is 4. The van der Waals surface area contributed by atoms with Crippen LogP contribution in [0.2, 0.25) is 0 Å². The zero-order valence-corrected chi connectivity index (χ0v) is 20.9. The van der Waals surface area contributed by atoms with Crippen molar-refractivity contribution in [3.8, 4) is 0 Å². The van der Waals surface area contributed by atoms with Crippen LogP contribution in [0.25, 0.3) is 0 Å². The third-order valence-corrected chi connectivity index (χ3v) is 7.51. The van der Waals surface area contributed by atoms with Crippen LogP contribution in [-0.2, 0) is 14.3 Å². The first-order valence-corrected chi connectivity index (χ1v) is 12.8. The highest BCUT2D eigenvalue weighted by molar-refractivity contribution is 5.94. The zero-order valence-electron chi connectivity index (χ0n) is 20.9. The summed E-state index contributed by atoms with van der Waals surface area (Å²) in [6.07, 6.45) is 3.05. The van der Waals surface area contributed by atoms with E-state index in [0.717, 1.165) is 6.42 Å². The fourth-order valence-corrected chi connectivity index (χ4v) is 5.60. The third-order valence-electron chi connectivity index (χ3n) is 7.51. The van der Waals surface area contributed by atoms with Crippen LogP contribution in [0.1, 0.15) is 113 Å². The summed E-state index contributed by atoms with van der Waals surface area (Å²) in [5.41, 5.74) is -0.676. The largest absolute Gasteiger partial charge is 0.443 e. The van der Waals surface area contributed by atoms with Crippen LogP contribution in [0.15, 0.2) is 0 Å². The lowest BCUT2D eigenvalue weighted by Crippen LogP contribution is -2.46. The number of nitrogens with zero attached hydrogens (tertiary/aromatic N) is 1. The predicted molar refractivity (Wildman–Crippen MR) is 135 cm³/mol. The predicted octanol–water partition coefficient (Wildman–Crippen LogP) is 7.10. The van der Waals surface area contributed by atoms with E-state index in [1.807, 2.05) is 0 Å². The van der Waals surface area contributed by atoms with Crippen molar-refractivity contribution in [3.05, 3.63) is 0 Å². The van der Waals surface area contributed by atoms with E-state index in [0.29, 0.717) is 38.5 Å². The van der Waals surface area contributed by atoms with Gasteiger partial charge in [0.25, 0.3) is 0 Å². The monoisotopic (exact) mass is 538 g/mol. The fourth-order valence-electron chi connectivity index (χ4n) is 5.60. The maximum Gasteiger partial charge on any atom is 0.417 e. The lowest BCUT2D eigenvalue weighted by molar-refractivity contribution is -0.129. The molecule has 2 saturated heterocycles. The minimum atomic E-state index is -2.60. The van der Waals surface area contributed by atoms with Crippen LogP contribution < -0.4 is 5.32 Å². The topological polar surface area (TPSA) is 75.7 Å². The van der Waals surface area contributed by atoms with Gasteiger partial charge in [-0.3, -0.25) is 9.59 Å². The van der Waals surface area contributed by atoms with Gasteiger partial charge in [0.2, 0.25) is 23.7 Å². The van der Waals surface area contributed by atoms with E-state index in [4.69, 9.17) is 4.74 Å². The van der Waals surface area contributed by atoms with E-state index in [-0.39, 0.29) is 82.7 Å². The van der Waals surface area contributed by atoms with Crippen LogP contribution in [0.5, 0.6) is 0 Å². The molecule has 2 saturated carbocycles. The minimum Gasteiger partial charge on any atom is -0.443 e. The minimum absolute atomic E-state index is 0. The summed E-state index contributed by atoms with van der Waals surface area (Å²) in [7, 11) is 0. The number of rotatable bonds is 2. The van der Waals surface area contributed by atoms with Gasteiger partial charge in [-0.05, 0) is 71.1 Å². The van der Waals surface area contributed by atoms with Gasteiger partial charge in [0, 0.05) is 50.6 Å². The second-order valence-electron chi connectivity index (χ2n) is 11.4. The summed E-state index contributed by atoms with van der Waals surface area (Å²) in [6.45, 7) is 5.21. The number of ether oxygens (including phenoxy) is 1. The molecule has 2 aliphatic heterocycles. The van der Waals surface area contributed by atoms with Gasteiger partial charge < -0.3 is 10.1 Å². The Bertz CT molecular complexity index is 780. The van der Waals surface area contributed by atoms with Crippen molar-refractivity contribution in [1.82, 2.24) is 10.2 Å². The summed E-state index contributed by atoms with van der Waals surface area (Å²) < 4.78 is 57.5. The third kappa shape index (κ3) is 9.43. The molecule has 4 fully saturated rings. The quantitative estimate of drug-likeness (QED) is 0.381. The van der Waals surface area contributed by atoms with Gasteiger partial charge in [-0.2, -0.15) is 0 Å². The first kappa shape index (κ1) is 33.2. The molecule has 2 atom stereocenters. The first-order valence-electron chi connectivity index (χ1n) is 12.8. The summed E-state index contributed by atoms with van der Waals surface area (Å²) in [4.78, 5) is 36.3. The SMILES string of the molecule is C.C.CC(C)(C)OC(=O)N1C(=O)CC[C@H]1C1CCC(F)(F)CC1.O=C1CC[C@@H](C2CCC(F)(F)CC2)N1. The number of alkyl halides is 4. The molecule has 37 heavy (non-hydrogen) atoms. The molecule has 0 aromatic heterocycles. The van der Waals surface area contributed by atoms with E-state index in [1.54, 1.807) is 20.8 Å². The van der Waals surface area contributed by atoms with Gasteiger partial charge in [-0.25, -0.2) is 27.3 Å². The van der Waals surface area contributed by atoms with Crippen molar-refractivity contribution < 1.29 is 36.7 Å². The average Bonchev–Trinajstić information content (AvgIpc) is 3.33. The number of carbonyl (C=O) groups excluding carboxylic acids is 3. The maximum absolute atomic E-state index is 13.2. The van der Waals surface area contributed by atoms with E-state index in [9.17, 15) is 31.9 Å². The molecule has 0 spiro atoms. The molecule has 1 N–H and O–H groups in total. The maximum atomic E-state index is 13.2. The van der Waals surface area contributed by atoms with Gasteiger partial charge in [0.1, 0.15) is 5.60 Å². The molecule has 0 aromatic rings. The Labute approximate surface area is 219 Å². The van der Waals surface area contributed by atoms with Crippen LogP contribution in [0.3, 0.4) is 0 Å². The fraction of sp³-hybridized carbons (Fsp3) is 0.889. The standard InChI is InChI=1S/C15H23F2NO3.C10H15F2NO.2CH4/c1-14(2,3)21-13(20)18-11(4-5-12(18)19)10-6-8-15(16,17)9-7-10;11-10(12)5-3-7(4-6-10)8-1-2-9(14)13-8;;/h10-11H,4-9H2,1-3H3;7-8H,1-6H2,(H,13,14);2*1H4/t11-;8-;;/m00../s1. The molecule has 0 bridgehead atoms. The molecule has 2 aliphatic carbocycles. The highest BCUT2D eigenvalue weighted by atomic mass is 19.3. The van der Waals surface area contributed by atoms with E-state index < -0.39 is 23.5 Å². The van der Waals surface area contributed by atoms with Crippen molar-refractivity contribution in [2.45, 2.75) is 142 Å². The van der Waals surface area contributed by atoms with Gasteiger partial charge in [0.15, 0.2) is 0 Å². The Morgan fingerprint density at radius 3 is 1.76 bits per heavy atom. The number of imide groups is 1. The van der Waals surface area contributed by atoms with Gasteiger partial charge in [-0.15, -0.1) is 0 Å². The summed E-state index contributed by atoms with van der Waals surface area (Å²) in [6, 6.07) is -0.123. The molecule has 10 heteroatoms. The molecule has 216 valence electrons. The lowest BCUT2D eigenvalue weighted by Gasteiger charge is -2.36. The van der Waals surface area contributed by atoms with Crippen LogP contribution in [-0.4, -0.2) is 52.3 Å². The highest BCUT2D eigenvalue weighted by Gasteiger charge is 2.46. The Morgan fingerprint density at radius 1 is 0.838 bits per heavy atom. The Morgan fingerprint density at radius 2 is 1.32 bits per heavy atom. The number of hydrogen-bond donors (Lipinski definition) is 1. The molecule has 6 nitrogen and oxygen atoms in total. The average molecular weight is 539 g/mol. The number of amides is 3. The van der Waals surface area contributed by atoms with Gasteiger partial charge in [0.05, 0.1) is 0 Å². The number of nitrogens with one attached hydrogen (secondary N) is 1. The smallest absolute Gasteiger partial charge is 0.417 e. The molecular weight excluding hydrogens is 492 g/mol. The highest BCUT2D eigenvalue weighted by Crippen LogP contribution is 2.41. The van der Waals surface area contributed by atoms with Crippen LogP contribution in [0.4, 0.5) is 22.4 Å². The molecule has 2 heterocycles. The zero-order chi connectivity index (χ0) is 26.0. The summed E-state index contributed by atoms with van der Waals surface area (Å²) in [5, 5.41) is 2.87. The molecule has 0 radical (unpaired) electrons. The van der Waals surface area contributed by atoms with E-state index in [2.05, 4.69) is 5.32 Å². The number of halogens is 4. The lowest BCUT2D eigenvalue weighted by atomic mass is 9.81. The number of likely N-dealkylation sites (tertiary alicyclic amines) is 1. The Balaban J connectivity index is 0.000000375. The molecule has 4 rings (SSSR count). The Hall–Kier alpha value is -1.87. The summed E-state index contributed by atoms with van der Waals surface area (Å²) >= 11 is 0. The summed E-state index contributed by atoms with van der Waals surface area (Å²) in [5.74, 6) is -5.00. The van der Waals surface area contributed by atoms with Crippen LogP contribution >= 0.6 is 0 Å². The molecule has 3 amide bonds. The van der Waals surface area contributed by atoms with Crippen molar-refractivity contribution in [3.63, 3.8) is 0 Å². The second kappa shape index (κ2) is 12.8. The van der Waals surface area contributed by atoms with E-state index >= 15 is 0 Å². The molecular formula is C27H46F4N2O4. The van der Waals surface area contributed by atoms with Crippen molar-refractivity contribution in [1.29, 1.82) is 0 Å². The molecule has 4 aliphatic rings. The first-order chi connectivity index (χ1) is 16.2. The molecule has 0 unspecified atom stereocenters. The van der Waals surface area contributed by atoms with Crippen molar-refractivity contribution in [2.75, 3.05) is 0 Å². The van der Waals surface area contributed by atoms with Gasteiger partial charge >= 0.3 is 6.09 Å². The second-order valence-corrected chi connectivity index (χ2v) is 11.4. The van der Waals surface area contributed by atoms with Crippen LogP contribution in [0, 0.1) is 11.8 Å². The normalized spacial score (nSPS) is 27.8. The van der Waals surface area contributed by atoms with E-state index in [1.165, 1.54) is 4.90 Å². The molecule has 0 aromatic carbocycles.